The van der Waals surface area contributed by atoms with Crippen LogP contribution in [-0.2, 0) is 0 Å². The maximum Gasteiger partial charge on any atom is 0.431 e. The summed E-state index contributed by atoms with van der Waals surface area (Å²) < 4.78 is 9.32. The number of aromatic nitrogens is 1. The Balaban J connectivity index is 1.54. The smallest absolute Gasteiger partial charge is 0.431 e. The van der Waals surface area contributed by atoms with Crippen LogP contribution in [0.4, 0.5) is 17.1 Å². The molecule has 0 saturated carbocycles. The second kappa shape index (κ2) is 8.14. The van der Waals surface area contributed by atoms with Gasteiger partial charge in [-0.1, -0.05) is 91.0 Å². The average Bonchev–Trinajstić information content (AvgIpc) is 3.36. The van der Waals surface area contributed by atoms with Gasteiger partial charge >= 0.3 is 6.92 Å². The van der Waals surface area contributed by atoms with Crippen LogP contribution in [0.3, 0.4) is 0 Å². The van der Waals surface area contributed by atoms with E-state index in [2.05, 4.69) is 149 Å². The third kappa shape index (κ3) is 2.85. The number of benzene rings is 6. The van der Waals surface area contributed by atoms with Gasteiger partial charge in [0.25, 0.3) is 0 Å². The lowest BCUT2D eigenvalue weighted by Gasteiger charge is -2.40. The molecule has 40 heavy (non-hydrogen) atoms. The Bertz CT molecular complexity index is 2100. The van der Waals surface area contributed by atoms with Gasteiger partial charge in [-0.2, -0.15) is 0 Å². The molecule has 0 radical (unpaired) electrons. The molecule has 186 valence electrons. The summed E-state index contributed by atoms with van der Waals surface area (Å²) in [7, 11) is 0. The SMILES string of the molecule is c1ccc(N2c3ccccc3B3Oc4ccccc4-c4cc5c6ccccc6n(-c6ccccc6)c5c2c43)cc1. The van der Waals surface area contributed by atoms with E-state index in [1.807, 2.05) is 0 Å². The summed E-state index contributed by atoms with van der Waals surface area (Å²) in [6, 6.07) is 49.8. The van der Waals surface area contributed by atoms with Crippen LogP contribution < -0.4 is 20.5 Å². The normalized spacial score (nSPS) is 13.1. The van der Waals surface area contributed by atoms with E-state index < -0.39 is 0 Å². The fraction of sp³-hybridized carbons (Fsp3) is 0. The van der Waals surface area contributed by atoms with Crippen molar-refractivity contribution < 1.29 is 4.65 Å². The zero-order valence-corrected chi connectivity index (χ0v) is 21.7. The molecule has 0 unspecified atom stereocenters. The van der Waals surface area contributed by atoms with Gasteiger partial charge in [0.05, 0.1) is 16.7 Å². The Labute approximate surface area is 232 Å². The van der Waals surface area contributed by atoms with E-state index in [0.717, 1.165) is 28.4 Å². The van der Waals surface area contributed by atoms with E-state index in [-0.39, 0.29) is 6.92 Å². The highest BCUT2D eigenvalue weighted by Crippen LogP contribution is 2.48. The summed E-state index contributed by atoms with van der Waals surface area (Å²) in [5.41, 5.74) is 11.8. The van der Waals surface area contributed by atoms with Crippen molar-refractivity contribution in [2.75, 3.05) is 4.90 Å². The molecule has 6 aromatic carbocycles. The molecule has 2 aliphatic heterocycles. The first-order valence-electron chi connectivity index (χ1n) is 13.7. The van der Waals surface area contributed by atoms with Crippen molar-refractivity contribution in [3.8, 4) is 22.6 Å². The van der Waals surface area contributed by atoms with E-state index in [1.165, 1.54) is 44.0 Å². The van der Waals surface area contributed by atoms with Gasteiger partial charge in [-0.05, 0) is 59.6 Å². The van der Waals surface area contributed by atoms with Crippen LogP contribution in [0.15, 0.2) is 140 Å². The predicted octanol–water partition coefficient (Wildman–Crippen LogP) is 7.73. The molecule has 0 amide bonds. The maximum atomic E-state index is 6.88. The molecule has 0 spiro atoms. The quantitative estimate of drug-likeness (QED) is 0.222. The molecule has 0 fully saturated rings. The highest BCUT2D eigenvalue weighted by molar-refractivity contribution is 6.86. The van der Waals surface area contributed by atoms with Crippen LogP contribution in [0, 0.1) is 0 Å². The number of fused-ring (bicyclic) bond motifs is 8. The molecule has 3 heterocycles. The van der Waals surface area contributed by atoms with Crippen LogP contribution in [0.5, 0.6) is 5.75 Å². The molecule has 2 aliphatic rings. The zero-order chi connectivity index (χ0) is 26.2. The summed E-state index contributed by atoms with van der Waals surface area (Å²) >= 11 is 0. The third-order valence-corrected chi connectivity index (χ3v) is 8.37. The van der Waals surface area contributed by atoms with Crippen molar-refractivity contribution in [3.05, 3.63) is 140 Å². The van der Waals surface area contributed by atoms with E-state index in [0.29, 0.717) is 0 Å². The number of rotatable bonds is 2. The monoisotopic (exact) mass is 510 g/mol. The van der Waals surface area contributed by atoms with Gasteiger partial charge in [-0.25, -0.2) is 0 Å². The highest BCUT2D eigenvalue weighted by Gasteiger charge is 2.44. The van der Waals surface area contributed by atoms with Crippen molar-refractivity contribution >= 4 is 56.7 Å². The highest BCUT2D eigenvalue weighted by atomic mass is 16.4. The molecule has 0 N–H and O–H groups in total. The largest absolute Gasteiger partial charge is 0.551 e. The molecular formula is C36H23BN2O. The van der Waals surface area contributed by atoms with Crippen LogP contribution >= 0.6 is 0 Å². The van der Waals surface area contributed by atoms with Crippen molar-refractivity contribution in [1.29, 1.82) is 0 Å². The molecule has 3 nitrogen and oxygen atoms in total. The Morgan fingerprint density at radius 1 is 0.550 bits per heavy atom. The van der Waals surface area contributed by atoms with Crippen LogP contribution in [0.2, 0.25) is 0 Å². The van der Waals surface area contributed by atoms with Crippen molar-refractivity contribution in [2.45, 2.75) is 0 Å². The minimum absolute atomic E-state index is 0.206. The number of hydrogen-bond acceptors (Lipinski definition) is 2. The first-order valence-corrected chi connectivity index (χ1v) is 13.7. The fourth-order valence-corrected chi connectivity index (χ4v) is 6.76. The minimum atomic E-state index is -0.206. The Morgan fingerprint density at radius 3 is 2.08 bits per heavy atom. The van der Waals surface area contributed by atoms with Gasteiger partial charge in [-0.15, -0.1) is 0 Å². The number of hydrogen-bond donors (Lipinski definition) is 0. The fourth-order valence-electron chi connectivity index (χ4n) is 6.76. The van der Waals surface area contributed by atoms with Gasteiger partial charge in [0, 0.05) is 38.9 Å². The van der Waals surface area contributed by atoms with Gasteiger partial charge < -0.3 is 14.1 Å². The summed E-state index contributed by atoms with van der Waals surface area (Å²) in [4.78, 5) is 2.45. The molecular weight excluding hydrogens is 487 g/mol. The standard InChI is InChI=1S/C36H23BN2O/c1-3-13-24(14-4-1)38-31-20-10-7-17-26(31)29-23-28-27-18-8-12-22-33(27)40-37-30-19-9-11-21-32(30)39(25-15-5-2-6-16-25)36(34(28)37)35(29)38/h1-23H. The molecule has 0 saturated heterocycles. The Kier molecular flexibility index (Phi) is 4.41. The van der Waals surface area contributed by atoms with Crippen molar-refractivity contribution in [1.82, 2.24) is 4.57 Å². The maximum absolute atomic E-state index is 6.88. The molecule has 9 rings (SSSR count). The second-order valence-electron chi connectivity index (χ2n) is 10.5. The average molecular weight is 510 g/mol. The minimum Gasteiger partial charge on any atom is -0.551 e. The lowest BCUT2D eigenvalue weighted by molar-refractivity contribution is 0.590. The van der Waals surface area contributed by atoms with Crippen LogP contribution in [0.1, 0.15) is 0 Å². The third-order valence-electron chi connectivity index (χ3n) is 8.37. The van der Waals surface area contributed by atoms with Crippen molar-refractivity contribution in [3.63, 3.8) is 0 Å². The van der Waals surface area contributed by atoms with E-state index in [1.54, 1.807) is 0 Å². The second-order valence-corrected chi connectivity index (χ2v) is 10.5. The van der Waals surface area contributed by atoms with E-state index >= 15 is 0 Å². The molecule has 0 aliphatic carbocycles. The first kappa shape index (κ1) is 21.7. The molecule has 1 aromatic heterocycles. The number of anilines is 3. The van der Waals surface area contributed by atoms with Gasteiger partial charge in [0.2, 0.25) is 0 Å². The van der Waals surface area contributed by atoms with Crippen LogP contribution in [0.25, 0.3) is 38.6 Å². The summed E-state index contributed by atoms with van der Waals surface area (Å²) in [5.74, 6) is 0.931. The van der Waals surface area contributed by atoms with Gasteiger partial charge in [0.15, 0.2) is 0 Å². The van der Waals surface area contributed by atoms with Gasteiger partial charge in [-0.3, -0.25) is 0 Å². The lowest BCUT2D eigenvalue weighted by atomic mass is 9.49. The molecule has 4 heteroatoms. The molecule has 7 aromatic rings. The predicted molar refractivity (Wildman–Crippen MR) is 167 cm³/mol. The Hall–Kier alpha value is -5.22. The van der Waals surface area contributed by atoms with Crippen molar-refractivity contribution in [2.24, 2.45) is 0 Å². The number of nitrogens with zero attached hydrogens (tertiary/aromatic N) is 2. The Morgan fingerprint density at radius 2 is 1.23 bits per heavy atom. The molecule has 0 atom stereocenters. The topological polar surface area (TPSA) is 17.4 Å². The molecule has 0 bridgehead atoms. The van der Waals surface area contributed by atoms with Gasteiger partial charge in [0.1, 0.15) is 5.75 Å². The summed E-state index contributed by atoms with van der Waals surface area (Å²) in [5, 5.41) is 2.48. The number of para-hydroxylation sites is 5. The first-order chi connectivity index (χ1) is 19.9. The van der Waals surface area contributed by atoms with E-state index in [9.17, 15) is 0 Å². The zero-order valence-electron chi connectivity index (χ0n) is 21.7. The van der Waals surface area contributed by atoms with Crippen LogP contribution in [-0.4, -0.2) is 11.5 Å². The van der Waals surface area contributed by atoms with E-state index in [4.69, 9.17) is 4.65 Å². The summed E-state index contributed by atoms with van der Waals surface area (Å²) in [6.07, 6.45) is 0. The summed E-state index contributed by atoms with van der Waals surface area (Å²) in [6.45, 7) is -0.206. The lowest BCUT2D eigenvalue weighted by Crippen LogP contribution is -2.56.